The molecule has 0 unspecified atom stereocenters. The number of alkyl halides is 3. The van der Waals surface area contributed by atoms with E-state index in [1.807, 2.05) is 19.9 Å². The van der Waals surface area contributed by atoms with Crippen molar-refractivity contribution in [1.82, 2.24) is 30.7 Å². The lowest BCUT2D eigenvalue weighted by atomic mass is 9.92. The minimum atomic E-state index is -4.53. The number of anilines is 2. The summed E-state index contributed by atoms with van der Waals surface area (Å²) in [5, 5.41) is 14.6. The third-order valence-corrected chi connectivity index (χ3v) is 7.08. The predicted molar refractivity (Wildman–Crippen MR) is 184 cm³/mol. The van der Waals surface area contributed by atoms with E-state index in [0.717, 1.165) is 5.56 Å². The summed E-state index contributed by atoms with van der Waals surface area (Å²) in [6.45, 7) is 8.46. The quantitative estimate of drug-likeness (QED) is 0.116. The Bertz CT molecular complexity index is 1610. The van der Waals surface area contributed by atoms with Crippen molar-refractivity contribution in [3.05, 3.63) is 58.6 Å². The number of hydrogen-bond acceptors (Lipinski definition) is 10. The number of carbonyl (C=O) groups is 3. The minimum absolute atomic E-state index is 0.0445. The van der Waals surface area contributed by atoms with Gasteiger partial charge in [0.2, 0.25) is 11.9 Å². The van der Waals surface area contributed by atoms with Crippen molar-refractivity contribution >= 4 is 41.1 Å². The molecule has 3 rings (SSSR count). The van der Waals surface area contributed by atoms with Crippen molar-refractivity contribution in [2.75, 3.05) is 44.7 Å². The Morgan fingerprint density at radius 3 is 2.33 bits per heavy atom. The molecule has 0 aliphatic heterocycles. The lowest BCUT2D eigenvalue weighted by molar-refractivity contribution is -0.154. The van der Waals surface area contributed by atoms with Crippen LogP contribution in [0.5, 0.6) is 11.8 Å². The molecule has 1 heterocycles. The average molecular weight is 741 g/mol. The van der Waals surface area contributed by atoms with Crippen LogP contribution in [0.1, 0.15) is 57.0 Å². The highest BCUT2D eigenvalue weighted by molar-refractivity contribution is 6.32. The van der Waals surface area contributed by atoms with Gasteiger partial charge in [0.05, 0.1) is 11.6 Å². The lowest BCUT2D eigenvalue weighted by Crippen LogP contribution is -2.48. The van der Waals surface area contributed by atoms with Crippen molar-refractivity contribution in [2.24, 2.45) is 11.1 Å². The topological polar surface area (TPSA) is 186 Å². The molecular formula is C33H44ClF3N8O6. The third-order valence-electron chi connectivity index (χ3n) is 6.78. The van der Waals surface area contributed by atoms with Crippen LogP contribution in [0.25, 0.3) is 0 Å². The second-order valence-corrected chi connectivity index (χ2v) is 13.7. The smallest absolute Gasteiger partial charge is 0.422 e. The van der Waals surface area contributed by atoms with Gasteiger partial charge >= 0.3 is 18.3 Å². The third kappa shape index (κ3) is 14.9. The first-order valence-corrected chi connectivity index (χ1v) is 16.3. The molecule has 1 aromatic heterocycles. The van der Waals surface area contributed by atoms with Gasteiger partial charge in [-0.1, -0.05) is 31.5 Å². The number of aromatic nitrogens is 3. The van der Waals surface area contributed by atoms with Gasteiger partial charge in [-0.05, 0) is 74.6 Å². The summed E-state index contributed by atoms with van der Waals surface area (Å²) in [7, 11) is 0. The number of ether oxygens (including phenoxy) is 3. The van der Waals surface area contributed by atoms with E-state index in [-0.39, 0.29) is 44.0 Å². The van der Waals surface area contributed by atoms with Crippen LogP contribution in [0.4, 0.5) is 29.6 Å². The number of amides is 3. The number of hydrogen-bond donors (Lipinski definition) is 5. The first kappa shape index (κ1) is 40.7. The van der Waals surface area contributed by atoms with Crippen molar-refractivity contribution in [2.45, 2.75) is 59.4 Å². The fourth-order valence-corrected chi connectivity index (χ4v) is 4.70. The van der Waals surface area contributed by atoms with E-state index in [2.05, 4.69) is 35.9 Å². The van der Waals surface area contributed by atoms with E-state index in [1.54, 1.807) is 62.1 Å². The van der Waals surface area contributed by atoms with Crippen LogP contribution in [0, 0.1) is 5.41 Å². The van der Waals surface area contributed by atoms with E-state index in [4.69, 9.17) is 26.8 Å². The zero-order valence-electron chi connectivity index (χ0n) is 29.1. The second kappa shape index (κ2) is 17.9. The molecule has 14 nitrogen and oxygen atoms in total. The lowest BCUT2D eigenvalue weighted by Gasteiger charge is -2.33. The highest BCUT2D eigenvalue weighted by Crippen LogP contribution is 2.26. The van der Waals surface area contributed by atoms with E-state index < -0.39 is 35.9 Å². The molecule has 18 heteroatoms. The number of halogens is 4. The molecule has 3 aromatic rings. The number of H-pyrrole nitrogens is 1. The monoisotopic (exact) mass is 740 g/mol. The maximum atomic E-state index is 13.3. The van der Waals surface area contributed by atoms with Gasteiger partial charge in [-0.25, -0.2) is 9.89 Å². The fourth-order valence-electron chi connectivity index (χ4n) is 4.44. The fraction of sp³-hybridized carbons (Fsp3) is 0.485. The molecule has 3 amide bonds. The van der Waals surface area contributed by atoms with Gasteiger partial charge < -0.3 is 40.8 Å². The maximum Gasteiger partial charge on any atom is 0.422 e. The number of carbonyl (C=O) groups excluding carboxylic acids is 3. The average Bonchev–Trinajstić information content (AvgIpc) is 3.50. The van der Waals surface area contributed by atoms with E-state index in [0.29, 0.717) is 41.5 Å². The van der Waals surface area contributed by atoms with Crippen LogP contribution in [0.2, 0.25) is 5.02 Å². The number of benzene rings is 2. The van der Waals surface area contributed by atoms with Crippen LogP contribution in [0.3, 0.4) is 0 Å². The molecule has 0 fully saturated rings. The molecule has 51 heavy (non-hydrogen) atoms. The first-order chi connectivity index (χ1) is 23.8. The summed E-state index contributed by atoms with van der Waals surface area (Å²) >= 11 is 6.30. The summed E-state index contributed by atoms with van der Waals surface area (Å²) in [5.74, 6) is -0.179. The highest BCUT2D eigenvalue weighted by Gasteiger charge is 2.29. The maximum absolute atomic E-state index is 13.3. The van der Waals surface area contributed by atoms with E-state index >= 15 is 0 Å². The summed E-state index contributed by atoms with van der Waals surface area (Å²) in [5.41, 5.74) is 6.02. The van der Waals surface area contributed by atoms with Crippen molar-refractivity contribution in [3.8, 4) is 11.8 Å². The number of alkyl carbamates (subject to hydrolysis) is 1. The molecule has 0 bridgehead atoms. The van der Waals surface area contributed by atoms with Gasteiger partial charge in [0, 0.05) is 37.4 Å². The Labute approximate surface area is 298 Å². The molecule has 0 radical (unpaired) electrons. The number of rotatable bonds is 17. The standard InChI is InChI=1S/C33H44ClF3N8O6/c1-31(2,3)51-30(48)39-17-26(46)45(13-6-14-49-25-12-7-21(16-38)15-24(25)34)19-32(4,5)18-40-27(47)22-8-10-23(11-9-22)41-28-42-29(44-43-28)50-20-33(35,36)37/h7-12,15H,6,13-14,16-20,38H2,1-5H3,(H,39,48)(H,40,47)(H2,41,42,43,44). The van der Waals surface area contributed by atoms with Gasteiger partial charge in [0.15, 0.2) is 6.61 Å². The zero-order valence-corrected chi connectivity index (χ0v) is 29.8. The van der Waals surface area contributed by atoms with Gasteiger partial charge in [-0.2, -0.15) is 18.2 Å². The van der Waals surface area contributed by atoms with Crippen LogP contribution >= 0.6 is 11.6 Å². The normalized spacial score (nSPS) is 11.8. The first-order valence-electron chi connectivity index (χ1n) is 16.0. The molecule has 0 saturated heterocycles. The van der Waals surface area contributed by atoms with Crippen LogP contribution in [0.15, 0.2) is 42.5 Å². The van der Waals surface area contributed by atoms with Gasteiger partial charge in [-0.3, -0.25) is 9.59 Å². The molecule has 0 aliphatic rings. The Morgan fingerprint density at radius 2 is 1.71 bits per heavy atom. The molecule has 0 atom stereocenters. The molecule has 2 aromatic carbocycles. The Hall–Kier alpha value is -4.77. The summed E-state index contributed by atoms with van der Waals surface area (Å²) in [6.07, 6.45) is -4.80. The number of aromatic amines is 1. The second-order valence-electron chi connectivity index (χ2n) is 13.3. The van der Waals surface area contributed by atoms with Crippen molar-refractivity contribution in [3.63, 3.8) is 0 Å². The van der Waals surface area contributed by atoms with Crippen LogP contribution in [-0.2, 0) is 16.1 Å². The number of nitrogens with two attached hydrogens (primary N) is 1. The Balaban J connectivity index is 1.56. The van der Waals surface area contributed by atoms with Gasteiger partial charge in [-0.15, -0.1) is 5.10 Å². The molecule has 280 valence electrons. The molecule has 0 saturated carbocycles. The molecule has 0 aliphatic carbocycles. The summed E-state index contributed by atoms with van der Waals surface area (Å²) in [6, 6.07) is 11.1. The van der Waals surface area contributed by atoms with Crippen LogP contribution < -0.4 is 31.2 Å². The Kier molecular flexibility index (Phi) is 14.3. The van der Waals surface area contributed by atoms with Crippen LogP contribution in [-0.4, -0.2) is 89.2 Å². The Morgan fingerprint density at radius 1 is 1.00 bits per heavy atom. The summed E-state index contributed by atoms with van der Waals surface area (Å²) < 4.78 is 52.6. The molecule has 0 spiro atoms. The predicted octanol–water partition coefficient (Wildman–Crippen LogP) is 5.18. The van der Waals surface area contributed by atoms with Crippen molar-refractivity contribution < 1.29 is 41.8 Å². The van der Waals surface area contributed by atoms with E-state index in [9.17, 15) is 27.6 Å². The minimum Gasteiger partial charge on any atom is -0.492 e. The zero-order chi connectivity index (χ0) is 37.8. The van der Waals surface area contributed by atoms with Gasteiger partial charge in [0.1, 0.15) is 17.9 Å². The SMILES string of the molecule is CC(C)(CNC(=O)c1ccc(Nc2nc(OCC(F)(F)F)n[nH]2)cc1)CN(CCCOc1ccc(CN)cc1Cl)C(=O)CNC(=O)OC(C)(C)C. The molecular weight excluding hydrogens is 697 g/mol. The highest BCUT2D eigenvalue weighted by atomic mass is 35.5. The van der Waals surface area contributed by atoms with Crippen molar-refractivity contribution in [1.29, 1.82) is 0 Å². The number of nitrogens with zero attached hydrogens (tertiary/aromatic N) is 3. The van der Waals surface area contributed by atoms with E-state index in [1.165, 1.54) is 0 Å². The molecule has 6 N–H and O–H groups in total. The van der Waals surface area contributed by atoms with Gasteiger partial charge in [0.25, 0.3) is 5.91 Å². The number of nitrogens with one attached hydrogen (secondary N) is 4. The largest absolute Gasteiger partial charge is 0.492 e. The summed E-state index contributed by atoms with van der Waals surface area (Å²) in [4.78, 5) is 43.9.